The van der Waals surface area contributed by atoms with Gasteiger partial charge in [-0.25, -0.2) is 0 Å². The molecule has 3 saturated carbocycles. The molecule has 0 heterocycles. The fraction of sp³-hybridized carbons (Fsp3) is 0.789. The van der Waals surface area contributed by atoms with Crippen molar-refractivity contribution >= 4 is 11.6 Å². The lowest BCUT2D eigenvalue weighted by Crippen LogP contribution is -2.52. The highest BCUT2D eigenvalue weighted by atomic mass is 16.3. The van der Waals surface area contributed by atoms with E-state index in [9.17, 15) is 14.7 Å². The van der Waals surface area contributed by atoms with Crippen molar-refractivity contribution in [2.45, 2.75) is 64.9 Å². The summed E-state index contributed by atoms with van der Waals surface area (Å²) >= 11 is 0. The molecule has 1 N–H and O–H groups in total. The van der Waals surface area contributed by atoms with Gasteiger partial charge >= 0.3 is 0 Å². The van der Waals surface area contributed by atoms with Gasteiger partial charge in [-0.3, -0.25) is 9.59 Å². The fourth-order valence-corrected chi connectivity index (χ4v) is 6.39. The molecule has 0 bridgehead atoms. The normalized spacial score (nSPS) is 51.0. The Bertz CT molecular complexity index is 577. The average Bonchev–Trinajstić information content (AvgIpc) is 2.77. The zero-order valence-electron chi connectivity index (χ0n) is 13.6. The first kappa shape index (κ1) is 14.6. The van der Waals surface area contributed by atoms with Gasteiger partial charge in [0.05, 0.1) is 0 Å². The maximum atomic E-state index is 12.4. The first-order valence-corrected chi connectivity index (χ1v) is 8.82. The zero-order chi connectivity index (χ0) is 15.7. The Balaban J connectivity index is 1.71. The lowest BCUT2D eigenvalue weighted by Gasteiger charge is -2.57. The van der Waals surface area contributed by atoms with Crippen molar-refractivity contribution in [2.75, 3.05) is 0 Å². The highest BCUT2D eigenvalue weighted by Gasteiger charge is 2.59. The second-order valence-electron chi connectivity index (χ2n) is 8.54. The number of ketones is 2. The molecular weight excluding hydrogens is 276 g/mol. The third kappa shape index (κ3) is 1.72. The van der Waals surface area contributed by atoms with Crippen LogP contribution in [0.2, 0.25) is 0 Å². The molecule has 0 radical (unpaired) electrons. The summed E-state index contributed by atoms with van der Waals surface area (Å²) in [6.07, 6.45) is 7.43. The number of carbonyl (C=O) groups excluding carboxylic acids is 2. The Kier molecular flexibility index (Phi) is 3.01. The van der Waals surface area contributed by atoms with Gasteiger partial charge in [-0.05, 0) is 67.8 Å². The van der Waals surface area contributed by atoms with Crippen LogP contribution in [0.3, 0.4) is 0 Å². The van der Waals surface area contributed by atoms with Gasteiger partial charge in [0.1, 0.15) is 11.9 Å². The Hall–Kier alpha value is -0.960. The molecule has 4 aliphatic carbocycles. The molecule has 0 saturated heterocycles. The largest absolute Gasteiger partial charge is 0.385 e. The Morgan fingerprint density at radius 1 is 1.05 bits per heavy atom. The van der Waals surface area contributed by atoms with Crippen molar-refractivity contribution in [3.05, 3.63) is 11.6 Å². The summed E-state index contributed by atoms with van der Waals surface area (Å²) in [5.74, 6) is 2.00. The van der Waals surface area contributed by atoms with E-state index in [1.54, 1.807) is 6.08 Å². The van der Waals surface area contributed by atoms with Crippen molar-refractivity contribution in [3.8, 4) is 0 Å². The zero-order valence-corrected chi connectivity index (χ0v) is 13.6. The van der Waals surface area contributed by atoms with Crippen LogP contribution in [-0.2, 0) is 9.59 Å². The molecule has 4 aliphatic rings. The number of aliphatic hydroxyl groups excluding tert-OH is 1. The van der Waals surface area contributed by atoms with E-state index in [-0.39, 0.29) is 16.6 Å². The van der Waals surface area contributed by atoms with Crippen LogP contribution in [0.15, 0.2) is 11.6 Å². The smallest absolute Gasteiger partial charge is 0.184 e. The summed E-state index contributed by atoms with van der Waals surface area (Å²) in [6, 6.07) is 0. The van der Waals surface area contributed by atoms with Gasteiger partial charge in [-0.1, -0.05) is 19.4 Å². The van der Waals surface area contributed by atoms with Gasteiger partial charge in [0.2, 0.25) is 0 Å². The number of hydrogen-bond donors (Lipinski definition) is 1. The molecule has 3 fully saturated rings. The third-order valence-electron chi connectivity index (χ3n) is 7.71. The molecule has 0 amide bonds. The number of Topliss-reactive ketones (excluding diaryl/α,β-unsaturated/α-hetero) is 1. The summed E-state index contributed by atoms with van der Waals surface area (Å²) in [5.41, 5.74) is 1.13. The van der Waals surface area contributed by atoms with Crippen LogP contribution in [-0.4, -0.2) is 22.8 Å². The minimum atomic E-state index is -0.828. The molecule has 3 heteroatoms. The van der Waals surface area contributed by atoms with Crippen LogP contribution in [0, 0.1) is 28.6 Å². The van der Waals surface area contributed by atoms with E-state index in [0.29, 0.717) is 30.0 Å². The lowest BCUT2D eigenvalue weighted by molar-refractivity contribution is -0.134. The second-order valence-corrected chi connectivity index (χ2v) is 8.54. The number of aliphatic hydroxyl groups is 1. The minimum absolute atomic E-state index is 0.0385. The van der Waals surface area contributed by atoms with Crippen LogP contribution in [0.4, 0.5) is 0 Å². The summed E-state index contributed by atoms with van der Waals surface area (Å²) in [6.45, 7) is 4.45. The molecule has 0 aromatic rings. The van der Waals surface area contributed by atoms with Crippen molar-refractivity contribution in [3.63, 3.8) is 0 Å². The first-order chi connectivity index (χ1) is 10.4. The lowest BCUT2D eigenvalue weighted by atomic mass is 9.47. The molecular formula is C19H26O3. The van der Waals surface area contributed by atoms with Gasteiger partial charge in [-0.2, -0.15) is 0 Å². The predicted molar refractivity (Wildman–Crippen MR) is 83.1 cm³/mol. The highest BCUT2D eigenvalue weighted by molar-refractivity contribution is 5.95. The van der Waals surface area contributed by atoms with E-state index >= 15 is 0 Å². The molecule has 22 heavy (non-hydrogen) atoms. The molecule has 3 nitrogen and oxygen atoms in total. The molecule has 6 unspecified atom stereocenters. The van der Waals surface area contributed by atoms with Gasteiger partial charge in [0, 0.05) is 11.8 Å². The van der Waals surface area contributed by atoms with Gasteiger partial charge in [-0.15, -0.1) is 0 Å². The quantitative estimate of drug-likeness (QED) is 0.748. The summed E-state index contributed by atoms with van der Waals surface area (Å²) in [7, 11) is 0. The Labute approximate surface area is 132 Å². The topological polar surface area (TPSA) is 54.4 Å². The van der Waals surface area contributed by atoms with E-state index in [1.165, 1.54) is 5.57 Å². The SMILES string of the molecule is CC12CCC3C(CCC4=CC(=O)C(O)CC43C)C1CCC2=O. The molecule has 0 spiro atoms. The minimum Gasteiger partial charge on any atom is -0.385 e. The standard InChI is InChI=1S/C19H26O3/c1-18-8-7-14-12(13(18)5-6-17(18)22)4-3-11-9-15(20)16(21)10-19(11,14)2/h9,12-14,16,21H,3-8,10H2,1-2H3. The van der Waals surface area contributed by atoms with Crippen molar-refractivity contribution in [1.29, 1.82) is 0 Å². The van der Waals surface area contributed by atoms with Crippen LogP contribution >= 0.6 is 0 Å². The first-order valence-electron chi connectivity index (χ1n) is 8.82. The number of allylic oxidation sites excluding steroid dienone is 1. The van der Waals surface area contributed by atoms with Gasteiger partial charge in [0.15, 0.2) is 5.78 Å². The average molecular weight is 302 g/mol. The molecule has 6 atom stereocenters. The van der Waals surface area contributed by atoms with Crippen molar-refractivity contribution in [2.24, 2.45) is 28.6 Å². The number of carbonyl (C=O) groups is 2. The summed E-state index contributed by atoms with van der Waals surface area (Å²) in [5, 5.41) is 10.1. The van der Waals surface area contributed by atoms with E-state index < -0.39 is 6.10 Å². The van der Waals surface area contributed by atoms with Crippen molar-refractivity contribution in [1.82, 2.24) is 0 Å². The highest BCUT2D eigenvalue weighted by Crippen LogP contribution is 2.64. The van der Waals surface area contributed by atoms with Crippen LogP contribution in [0.25, 0.3) is 0 Å². The predicted octanol–water partition coefficient (Wildman–Crippen LogP) is 3.06. The van der Waals surface area contributed by atoms with E-state index in [0.717, 1.165) is 38.5 Å². The molecule has 0 aliphatic heterocycles. The van der Waals surface area contributed by atoms with E-state index in [2.05, 4.69) is 13.8 Å². The Morgan fingerprint density at radius 2 is 1.77 bits per heavy atom. The van der Waals surface area contributed by atoms with Crippen molar-refractivity contribution < 1.29 is 14.7 Å². The second kappa shape index (κ2) is 4.53. The van der Waals surface area contributed by atoms with E-state index in [1.807, 2.05) is 0 Å². The van der Waals surface area contributed by atoms with E-state index in [4.69, 9.17) is 0 Å². The van der Waals surface area contributed by atoms with Crippen LogP contribution in [0.5, 0.6) is 0 Å². The van der Waals surface area contributed by atoms with Gasteiger partial charge < -0.3 is 5.11 Å². The maximum Gasteiger partial charge on any atom is 0.184 e. The van der Waals surface area contributed by atoms with Crippen LogP contribution < -0.4 is 0 Å². The molecule has 4 rings (SSSR count). The summed E-state index contributed by atoms with van der Waals surface area (Å²) < 4.78 is 0. The van der Waals surface area contributed by atoms with Gasteiger partial charge in [0.25, 0.3) is 0 Å². The third-order valence-corrected chi connectivity index (χ3v) is 7.71. The number of rotatable bonds is 0. The Morgan fingerprint density at radius 3 is 2.55 bits per heavy atom. The molecule has 0 aromatic carbocycles. The van der Waals surface area contributed by atoms with Crippen LogP contribution in [0.1, 0.15) is 58.8 Å². The number of hydrogen-bond acceptors (Lipinski definition) is 3. The molecule has 120 valence electrons. The summed E-state index contributed by atoms with van der Waals surface area (Å²) in [4.78, 5) is 24.2. The fourth-order valence-electron chi connectivity index (χ4n) is 6.39. The maximum absolute atomic E-state index is 12.4. The monoisotopic (exact) mass is 302 g/mol. The number of fused-ring (bicyclic) bond motifs is 5. The molecule has 0 aromatic heterocycles.